The minimum absolute atomic E-state index is 0.0786. The fourth-order valence-corrected chi connectivity index (χ4v) is 1.42. The van der Waals surface area contributed by atoms with E-state index >= 15 is 0 Å². The van der Waals surface area contributed by atoms with Gasteiger partial charge in [-0.25, -0.2) is 8.78 Å². The standard InChI is InChI=1S/C12H8F2N2O2/c13-7-3-1-4-8(14)10(7)12(18)16-9-5-2-6-15-11(9)17/h1-6H,(H,15,17)(H,16,18). The van der Waals surface area contributed by atoms with E-state index in [9.17, 15) is 18.4 Å². The maximum absolute atomic E-state index is 13.3. The van der Waals surface area contributed by atoms with Crippen LogP contribution >= 0.6 is 0 Å². The molecule has 0 fully saturated rings. The van der Waals surface area contributed by atoms with Crippen molar-refractivity contribution in [1.29, 1.82) is 0 Å². The number of aromatic amines is 1. The van der Waals surface area contributed by atoms with Gasteiger partial charge in [0, 0.05) is 6.20 Å². The lowest BCUT2D eigenvalue weighted by Gasteiger charge is -2.05. The average molecular weight is 250 g/mol. The van der Waals surface area contributed by atoms with Crippen LogP contribution in [0.1, 0.15) is 10.4 Å². The number of aromatic nitrogens is 1. The summed E-state index contributed by atoms with van der Waals surface area (Å²) in [6, 6.07) is 5.89. The molecule has 1 aromatic heterocycles. The van der Waals surface area contributed by atoms with Crippen LogP contribution in [0.4, 0.5) is 14.5 Å². The van der Waals surface area contributed by atoms with Crippen molar-refractivity contribution >= 4 is 11.6 Å². The second kappa shape index (κ2) is 4.79. The molecule has 4 nitrogen and oxygen atoms in total. The number of nitrogens with one attached hydrogen (secondary N) is 2. The molecule has 92 valence electrons. The SMILES string of the molecule is O=C(Nc1ccc[nH]c1=O)c1c(F)cccc1F. The predicted molar refractivity (Wildman–Crippen MR) is 61.4 cm³/mol. The Morgan fingerprint density at radius 1 is 1.11 bits per heavy atom. The lowest BCUT2D eigenvalue weighted by molar-refractivity contribution is 0.101. The van der Waals surface area contributed by atoms with Gasteiger partial charge in [0.05, 0.1) is 0 Å². The minimum Gasteiger partial charge on any atom is -0.327 e. The molecule has 1 aromatic carbocycles. The summed E-state index contributed by atoms with van der Waals surface area (Å²) in [5, 5.41) is 2.15. The number of anilines is 1. The second-order valence-corrected chi connectivity index (χ2v) is 3.46. The summed E-state index contributed by atoms with van der Waals surface area (Å²) in [5.74, 6) is -2.98. The van der Waals surface area contributed by atoms with Crippen molar-refractivity contribution in [2.75, 3.05) is 5.32 Å². The smallest absolute Gasteiger partial charge is 0.271 e. The van der Waals surface area contributed by atoms with Gasteiger partial charge in [0.1, 0.15) is 22.9 Å². The van der Waals surface area contributed by atoms with Crippen LogP contribution < -0.4 is 10.9 Å². The van der Waals surface area contributed by atoms with Crippen LogP contribution in [0.2, 0.25) is 0 Å². The van der Waals surface area contributed by atoms with Crippen LogP contribution in [0.25, 0.3) is 0 Å². The Labute approximate surface area is 100 Å². The first kappa shape index (κ1) is 12.0. The Morgan fingerprint density at radius 3 is 2.39 bits per heavy atom. The highest BCUT2D eigenvalue weighted by Gasteiger charge is 2.17. The maximum Gasteiger partial charge on any atom is 0.271 e. The van der Waals surface area contributed by atoms with Crippen molar-refractivity contribution < 1.29 is 13.6 Å². The molecule has 0 aliphatic rings. The van der Waals surface area contributed by atoms with Crippen molar-refractivity contribution in [3.8, 4) is 0 Å². The molecule has 0 radical (unpaired) electrons. The van der Waals surface area contributed by atoms with E-state index in [4.69, 9.17) is 0 Å². The molecule has 18 heavy (non-hydrogen) atoms. The monoisotopic (exact) mass is 250 g/mol. The Balaban J connectivity index is 2.34. The Bertz CT molecular complexity index is 632. The van der Waals surface area contributed by atoms with E-state index in [2.05, 4.69) is 10.3 Å². The molecule has 0 aliphatic carbocycles. The quantitative estimate of drug-likeness (QED) is 0.855. The van der Waals surface area contributed by atoms with Gasteiger partial charge in [-0.2, -0.15) is 0 Å². The lowest BCUT2D eigenvalue weighted by atomic mass is 10.2. The van der Waals surface area contributed by atoms with Gasteiger partial charge in [-0.15, -0.1) is 0 Å². The van der Waals surface area contributed by atoms with Crippen molar-refractivity contribution in [3.05, 3.63) is 64.1 Å². The van der Waals surface area contributed by atoms with E-state index in [1.165, 1.54) is 18.3 Å². The van der Waals surface area contributed by atoms with E-state index in [1.54, 1.807) is 0 Å². The Morgan fingerprint density at radius 2 is 1.78 bits per heavy atom. The van der Waals surface area contributed by atoms with Gasteiger partial charge >= 0.3 is 0 Å². The van der Waals surface area contributed by atoms with Gasteiger partial charge in [-0.1, -0.05) is 6.07 Å². The Hall–Kier alpha value is -2.50. The van der Waals surface area contributed by atoms with Crippen molar-refractivity contribution in [2.45, 2.75) is 0 Å². The van der Waals surface area contributed by atoms with Crippen LogP contribution in [0, 0.1) is 11.6 Å². The molecular weight excluding hydrogens is 242 g/mol. The minimum atomic E-state index is -1.01. The number of benzene rings is 1. The summed E-state index contributed by atoms with van der Waals surface area (Å²) >= 11 is 0. The molecule has 0 saturated carbocycles. The average Bonchev–Trinajstić information content (AvgIpc) is 2.32. The molecule has 6 heteroatoms. The summed E-state index contributed by atoms with van der Waals surface area (Å²) < 4.78 is 26.6. The second-order valence-electron chi connectivity index (χ2n) is 3.46. The van der Waals surface area contributed by atoms with E-state index < -0.39 is 28.7 Å². The number of hydrogen-bond donors (Lipinski definition) is 2. The highest BCUT2D eigenvalue weighted by molar-refractivity contribution is 6.04. The van der Waals surface area contributed by atoms with Crippen molar-refractivity contribution in [3.63, 3.8) is 0 Å². The normalized spacial score (nSPS) is 10.1. The maximum atomic E-state index is 13.3. The van der Waals surface area contributed by atoms with E-state index in [1.807, 2.05) is 0 Å². The van der Waals surface area contributed by atoms with Crippen LogP contribution in [-0.2, 0) is 0 Å². The fraction of sp³-hybridized carbons (Fsp3) is 0. The van der Waals surface area contributed by atoms with E-state index in [0.717, 1.165) is 18.2 Å². The number of pyridine rings is 1. The topological polar surface area (TPSA) is 62.0 Å². The summed E-state index contributed by atoms with van der Waals surface area (Å²) in [6.45, 7) is 0. The molecule has 1 heterocycles. The number of carbonyl (C=O) groups excluding carboxylic acids is 1. The van der Waals surface area contributed by atoms with Gasteiger partial charge in [-0.05, 0) is 24.3 Å². The van der Waals surface area contributed by atoms with Crippen LogP contribution in [0.3, 0.4) is 0 Å². The molecule has 1 amide bonds. The number of halogens is 2. The summed E-state index contributed by atoms with van der Waals surface area (Å²) in [5.41, 5.74) is -1.35. The fourth-order valence-electron chi connectivity index (χ4n) is 1.42. The molecule has 0 spiro atoms. The number of hydrogen-bond acceptors (Lipinski definition) is 2. The van der Waals surface area contributed by atoms with Crippen molar-refractivity contribution in [2.24, 2.45) is 0 Å². The van der Waals surface area contributed by atoms with Crippen molar-refractivity contribution in [1.82, 2.24) is 4.98 Å². The first-order valence-corrected chi connectivity index (χ1v) is 5.02. The largest absolute Gasteiger partial charge is 0.327 e. The summed E-state index contributed by atoms with van der Waals surface area (Å²) in [7, 11) is 0. The van der Waals surface area contributed by atoms with Gasteiger partial charge in [0.2, 0.25) is 0 Å². The highest BCUT2D eigenvalue weighted by Crippen LogP contribution is 2.13. The van der Waals surface area contributed by atoms with Crippen LogP contribution in [0.15, 0.2) is 41.3 Å². The lowest BCUT2D eigenvalue weighted by Crippen LogP contribution is -2.21. The molecule has 0 saturated heterocycles. The first-order valence-electron chi connectivity index (χ1n) is 5.02. The number of H-pyrrole nitrogens is 1. The molecule has 0 bridgehead atoms. The third-order valence-corrected chi connectivity index (χ3v) is 2.26. The molecule has 2 N–H and O–H groups in total. The zero-order valence-corrected chi connectivity index (χ0v) is 9.04. The van der Waals surface area contributed by atoms with Gasteiger partial charge in [0.25, 0.3) is 11.5 Å². The van der Waals surface area contributed by atoms with Gasteiger partial charge in [0.15, 0.2) is 0 Å². The third kappa shape index (κ3) is 2.27. The summed E-state index contributed by atoms with van der Waals surface area (Å²) in [6.07, 6.45) is 1.38. The Kier molecular flexibility index (Phi) is 3.18. The molecular formula is C12H8F2N2O2. The van der Waals surface area contributed by atoms with E-state index in [0.29, 0.717) is 0 Å². The number of carbonyl (C=O) groups is 1. The van der Waals surface area contributed by atoms with Crippen LogP contribution in [-0.4, -0.2) is 10.9 Å². The molecule has 0 atom stereocenters. The molecule has 0 aliphatic heterocycles. The molecule has 2 aromatic rings. The highest BCUT2D eigenvalue weighted by atomic mass is 19.1. The molecule has 2 rings (SSSR count). The third-order valence-electron chi connectivity index (χ3n) is 2.26. The summed E-state index contributed by atoms with van der Waals surface area (Å²) in [4.78, 5) is 25.3. The first-order chi connectivity index (χ1) is 8.59. The van der Waals surface area contributed by atoms with Gasteiger partial charge < -0.3 is 10.3 Å². The zero-order valence-electron chi connectivity index (χ0n) is 9.04. The van der Waals surface area contributed by atoms with E-state index in [-0.39, 0.29) is 5.69 Å². The number of amides is 1. The predicted octanol–water partition coefficient (Wildman–Crippen LogP) is 1.91. The zero-order chi connectivity index (χ0) is 13.1. The van der Waals surface area contributed by atoms with Crippen LogP contribution in [0.5, 0.6) is 0 Å². The molecule has 0 unspecified atom stereocenters. The van der Waals surface area contributed by atoms with Gasteiger partial charge in [-0.3, -0.25) is 9.59 Å². The number of rotatable bonds is 2.